The molecule has 7 heteroatoms. The lowest BCUT2D eigenvalue weighted by Crippen LogP contribution is -2.01. The molecule has 2 aromatic heterocycles. The number of nitrogens with one attached hydrogen (secondary N) is 1. The summed E-state index contributed by atoms with van der Waals surface area (Å²) in [5.74, 6) is -0.234. The summed E-state index contributed by atoms with van der Waals surface area (Å²) in [5.41, 5.74) is 2.88. The summed E-state index contributed by atoms with van der Waals surface area (Å²) in [6, 6.07) is 21.9. The van der Waals surface area contributed by atoms with E-state index in [1.165, 1.54) is 12.1 Å². The van der Waals surface area contributed by atoms with E-state index in [-0.39, 0.29) is 5.82 Å². The van der Waals surface area contributed by atoms with E-state index in [9.17, 15) is 4.39 Å². The van der Waals surface area contributed by atoms with Gasteiger partial charge in [0.05, 0.1) is 17.6 Å². The Morgan fingerprint density at radius 3 is 2.29 bits per heavy atom. The maximum absolute atomic E-state index is 12.8. The van der Waals surface area contributed by atoms with Crippen molar-refractivity contribution < 1.29 is 4.39 Å². The molecule has 140 valence electrons. The molecule has 2 heterocycles. The van der Waals surface area contributed by atoms with E-state index in [2.05, 4.69) is 15.3 Å². The first-order valence-corrected chi connectivity index (χ1v) is 9.31. The molecule has 5 rings (SSSR count). The van der Waals surface area contributed by atoms with Gasteiger partial charge in [0.1, 0.15) is 11.0 Å². The third-order valence-electron chi connectivity index (χ3n) is 4.27. The normalized spacial score (nSPS) is 10.8. The number of hydrogen-bond donors (Lipinski definition) is 1. The summed E-state index contributed by atoms with van der Waals surface area (Å²) in [5, 5.41) is 14.0. The van der Waals surface area contributed by atoms with Crippen LogP contribution in [0.1, 0.15) is 5.56 Å². The SMILES string of the molecule is Clc1[nH]nc2ccccc12.Fc1ccc(Cn2nc(Cl)c3ccccc32)cc1. The quantitative estimate of drug-likeness (QED) is 0.381. The Morgan fingerprint density at radius 2 is 1.54 bits per heavy atom. The Kier molecular flexibility index (Phi) is 5.28. The molecule has 1 N–H and O–H groups in total. The average Bonchev–Trinajstić information content (AvgIpc) is 3.25. The fraction of sp³-hybridized carbons (Fsp3) is 0.0476. The molecule has 0 bridgehead atoms. The van der Waals surface area contributed by atoms with Gasteiger partial charge in [0, 0.05) is 10.8 Å². The number of aromatic nitrogens is 4. The van der Waals surface area contributed by atoms with Crippen LogP contribution < -0.4 is 0 Å². The fourth-order valence-corrected chi connectivity index (χ4v) is 3.35. The van der Waals surface area contributed by atoms with E-state index in [0.717, 1.165) is 27.4 Å². The van der Waals surface area contributed by atoms with Crippen LogP contribution in [0.4, 0.5) is 4.39 Å². The highest BCUT2D eigenvalue weighted by Gasteiger charge is 2.08. The number of fused-ring (bicyclic) bond motifs is 2. The van der Waals surface area contributed by atoms with Gasteiger partial charge in [0.15, 0.2) is 5.15 Å². The number of aromatic amines is 1. The molecule has 0 amide bonds. The molecule has 5 aromatic rings. The van der Waals surface area contributed by atoms with Crippen molar-refractivity contribution in [2.24, 2.45) is 0 Å². The second-order valence-corrected chi connectivity index (χ2v) is 6.88. The highest BCUT2D eigenvalue weighted by molar-refractivity contribution is 6.34. The molecule has 0 saturated heterocycles. The third-order valence-corrected chi connectivity index (χ3v) is 4.84. The smallest absolute Gasteiger partial charge is 0.158 e. The third kappa shape index (κ3) is 3.86. The van der Waals surface area contributed by atoms with Gasteiger partial charge in [-0.05, 0) is 42.0 Å². The number of hydrogen-bond acceptors (Lipinski definition) is 2. The first-order valence-electron chi connectivity index (χ1n) is 8.56. The maximum Gasteiger partial charge on any atom is 0.158 e. The number of H-pyrrole nitrogens is 1. The van der Waals surface area contributed by atoms with Crippen molar-refractivity contribution in [3.8, 4) is 0 Å². The first kappa shape index (κ1) is 18.5. The van der Waals surface area contributed by atoms with Crippen LogP contribution in [0.5, 0.6) is 0 Å². The molecule has 0 fully saturated rings. The van der Waals surface area contributed by atoms with E-state index < -0.39 is 0 Å². The lowest BCUT2D eigenvalue weighted by atomic mass is 10.2. The van der Waals surface area contributed by atoms with Crippen molar-refractivity contribution in [2.45, 2.75) is 6.54 Å². The van der Waals surface area contributed by atoms with Crippen LogP contribution in [-0.4, -0.2) is 20.0 Å². The van der Waals surface area contributed by atoms with Crippen molar-refractivity contribution >= 4 is 45.0 Å². The van der Waals surface area contributed by atoms with Crippen molar-refractivity contribution in [2.75, 3.05) is 0 Å². The van der Waals surface area contributed by atoms with Crippen molar-refractivity contribution in [1.29, 1.82) is 0 Å². The monoisotopic (exact) mass is 412 g/mol. The Labute approximate surface area is 170 Å². The minimum atomic E-state index is -0.234. The molecule has 0 aliphatic rings. The van der Waals surface area contributed by atoms with E-state index >= 15 is 0 Å². The number of para-hydroxylation sites is 2. The van der Waals surface area contributed by atoms with Crippen LogP contribution in [0.2, 0.25) is 10.3 Å². The fourth-order valence-electron chi connectivity index (χ4n) is 2.90. The molecular formula is C21H15Cl2FN4. The molecular weight excluding hydrogens is 398 g/mol. The Balaban J connectivity index is 0.000000162. The van der Waals surface area contributed by atoms with Crippen LogP contribution in [0.3, 0.4) is 0 Å². The second-order valence-electron chi connectivity index (χ2n) is 6.15. The summed E-state index contributed by atoms with van der Waals surface area (Å²) >= 11 is 11.8. The van der Waals surface area contributed by atoms with Gasteiger partial charge in [0.25, 0.3) is 0 Å². The molecule has 0 unspecified atom stereocenters. The average molecular weight is 413 g/mol. The van der Waals surface area contributed by atoms with Gasteiger partial charge in [-0.25, -0.2) is 4.39 Å². The molecule has 4 nitrogen and oxygen atoms in total. The predicted molar refractivity (Wildman–Crippen MR) is 111 cm³/mol. The van der Waals surface area contributed by atoms with Crippen LogP contribution in [0, 0.1) is 5.82 Å². The first-order chi connectivity index (χ1) is 13.6. The number of benzene rings is 3. The molecule has 0 aliphatic carbocycles. The lowest BCUT2D eigenvalue weighted by Gasteiger charge is -2.03. The Bertz CT molecular complexity index is 1230. The molecule has 0 aliphatic heterocycles. The zero-order valence-electron chi connectivity index (χ0n) is 14.6. The number of nitrogens with zero attached hydrogens (tertiary/aromatic N) is 3. The summed E-state index contributed by atoms with van der Waals surface area (Å²) in [6.07, 6.45) is 0. The van der Waals surface area contributed by atoms with Crippen LogP contribution >= 0.6 is 23.2 Å². The van der Waals surface area contributed by atoms with E-state index in [1.807, 2.05) is 53.2 Å². The summed E-state index contributed by atoms with van der Waals surface area (Å²) in [4.78, 5) is 0. The highest BCUT2D eigenvalue weighted by Crippen LogP contribution is 2.23. The van der Waals surface area contributed by atoms with Gasteiger partial charge in [-0.3, -0.25) is 9.78 Å². The standard InChI is InChI=1S/C14H10ClFN2.C7H5ClN2/c15-14-12-3-1-2-4-13(12)18(17-14)9-10-5-7-11(16)8-6-10;8-7-5-3-1-2-4-6(5)9-10-7/h1-8H,9H2;1-4H,(H,9,10). The van der Waals surface area contributed by atoms with Gasteiger partial charge < -0.3 is 0 Å². The van der Waals surface area contributed by atoms with E-state index in [0.29, 0.717) is 16.9 Å². The number of halogens is 3. The second kappa shape index (κ2) is 8.00. The maximum atomic E-state index is 12.8. The predicted octanol–water partition coefficient (Wildman–Crippen LogP) is 6.09. The Hall–Kier alpha value is -2.89. The largest absolute Gasteiger partial charge is 0.266 e. The summed E-state index contributed by atoms with van der Waals surface area (Å²) in [7, 11) is 0. The molecule has 3 aromatic carbocycles. The van der Waals surface area contributed by atoms with Gasteiger partial charge in [0.2, 0.25) is 0 Å². The van der Waals surface area contributed by atoms with E-state index in [1.54, 1.807) is 12.1 Å². The summed E-state index contributed by atoms with van der Waals surface area (Å²) < 4.78 is 14.7. The highest BCUT2D eigenvalue weighted by atomic mass is 35.5. The van der Waals surface area contributed by atoms with Crippen molar-refractivity contribution in [3.63, 3.8) is 0 Å². The minimum Gasteiger partial charge on any atom is -0.266 e. The number of rotatable bonds is 2. The molecule has 28 heavy (non-hydrogen) atoms. The van der Waals surface area contributed by atoms with Gasteiger partial charge in [-0.2, -0.15) is 10.2 Å². The lowest BCUT2D eigenvalue weighted by molar-refractivity contribution is 0.625. The molecule has 0 saturated carbocycles. The van der Waals surface area contributed by atoms with Crippen molar-refractivity contribution in [1.82, 2.24) is 20.0 Å². The zero-order valence-corrected chi connectivity index (χ0v) is 16.1. The molecule has 0 spiro atoms. The summed E-state index contributed by atoms with van der Waals surface area (Å²) in [6.45, 7) is 0.577. The molecule has 0 radical (unpaired) electrons. The van der Waals surface area contributed by atoms with Gasteiger partial charge in [-0.1, -0.05) is 59.6 Å². The van der Waals surface area contributed by atoms with E-state index in [4.69, 9.17) is 23.2 Å². The van der Waals surface area contributed by atoms with Gasteiger partial charge in [-0.15, -0.1) is 0 Å². The Morgan fingerprint density at radius 1 is 0.857 bits per heavy atom. The van der Waals surface area contributed by atoms with Crippen LogP contribution in [-0.2, 0) is 6.54 Å². The minimum absolute atomic E-state index is 0.234. The van der Waals surface area contributed by atoms with Crippen molar-refractivity contribution in [3.05, 3.63) is 94.5 Å². The molecule has 0 atom stereocenters. The van der Waals surface area contributed by atoms with Crippen LogP contribution in [0.25, 0.3) is 21.8 Å². The topological polar surface area (TPSA) is 46.5 Å². The van der Waals surface area contributed by atoms with Crippen LogP contribution in [0.15, 0.2) is 72.8 Å². The van der Waals surface area contributed by atoms with Gasteiger partial charge >= 0.3 is 0 Å². The zero-order chi connectivity index (χ0) is 19.5.